The molecule has 0 saturated heterocycles. The predicted octanol–water partition coefficient (Wildman–Crippen LogP) is 4.49. The Kier molecular flexibility index (Phi) is 8.51. The summed E-state index contributed by atoms with van der Waals surface area (Å²) in [4.78, 5) is 25.8. The molecular formula is C20H32N2O2. The molecule has 1 rings (SSSR count). The molecule has 4 heteroatoms. The van der Waals surface area contributed by atoms with Crippen LogP contribution in [-0.2, 0) is 9.59 Å². The molecule has 0 heterocycles. The van der Waals surface area contributed by atoms with Gasteiger partial charge in [-0.1, -0.05) is 51.8 Å². The summed E-state index contributed by atoms with van der Waals surface area (Å²) in [6, 6.07) is 6.08. The first-order chi connectivity index (χ1) is 11.4. The number of carbonyl (C=O) groups excluding carboxylic acids is 2. The van der Waals surface area contributed by atoms with Crippen molar-refractivity contribution in [2.75, 3.05) is 18.4 Å². The van der Waals surface area contributed by atoms with Crippen molar-refractivity contribution in [1.82, 2.24) is 4.90 Å². The summed E-state index contributed by atoms with van der Waals surface area (Å²) < 4.78 is 0. The van der Waals surface area contributed by atoms with Crippen LogP contribution in [0.1, 0.15) is 70.4 Å². The van der Waals surface area contributed by atoms with Gasteiger partial charge in [0.05, 0.1) is 0 Å². The van der Waals surface area contributed by atoms with Gasteiger partial charge in [-0.3, -0.25) is 9.59 Å². The van der Waals surface area contributed by atoms with Crippen LogP contribution in [0, 0.1) is 6.92 Å². The number of benzene rings is 1. The first kappa shape index (κ1) is 20.2. The third-order valence-corrected chi connectivity index (χ3v) is 4.28. The number of nitrogens with one attached hydrogen (secondary N) is 1. The van der Waals surface area contributed by atoms with Crippen LogP contribution in [0.3, 0.4) is 0 Å². The zero-order valence-electron chi connectivity index (χ0n) is 15.8. The fraction of sp³-hybridized carbons (Fsp3) is 0.600. The van der Waals surface area contributed by atoms with Gasteiger partial charge in [-0.05, 0) is 30.4 Å². The Morgan fingerprint density at radius 3 is 2.46 bits per heavy atom. The van der Waals surface area contributed by atoms with E-state index in [1.54, 1.807) is 11.8 Å². The number of hydrogen-bond donors (Lipinski definition) is 1. The molecule has 0 fully saturated rings. The highest BCUT2D eigenvalue weighted by molar-refractivity contribution is 5.92. The maximum atomic E-state index is 12.3. The minimum Gasteiger partial charge on any atom is -0.342 e. The van der Waals surface area contributed by atoms with E-state index >= 15 is 0 Å². The maximum Gasteiger partial charge on any atom is 0.226 e. The van der Waals surface area contributed by atoms with Crippen molar-refractivity contribution in [1.29, 1.82) is 0 Å². The van der Waals surface area contributed by atoms with Gasteiger partial charge in [0, 0.05) is 32.1 Å². The minimum absolute atomic E-state index is 0.0343. The van der Waals surface area contributed by atoms with E-state index in [0.717, 1.165) is 42.6 Å². The fourth-order valence-corrected chi connectivity index (χ4v) is 2.76. The van der Waals surface area contributed by atoms with Crippen molar-refractivity contribution in [2.45, 2.75) is 66.2 Å². The van der Waals surface area contributed by atoms with Crippen LogP contribution >= 0.6 is 0 Å². The molecule has 1 aromatic rings. The first-order valence-electron chi connectivity index (χ1n) is 9.01. The van der Waals surface area contributed by atoms with E-state index in [1.807, 2.05) is 19.1 Å². The zero-order valence-corrected chi connectivity index (χ0v) is 15.8. The summed E-state index contributed by atoms with van der Waals surface area (Å²) in [7, 11) is 0. The molecule has 0 spiro atoms. The van der Waals surface area contributed by atoms with E-state index in [9.17, 15) is 9.59 Å². The summed E-state index contributed by atoms with van der Waals surface area (Å²) in [5.74, 6) is 0.355. The molecule has 4 nitrogen and oxygen atoms in total. The van der Waals surface area contributed by atoms with Gasteiger partial charge in [0.2, 0.25) is 11.8 Å². The van der Waals surface area contributed by atoms with E-state index in [2.05, 4.69) is 32.2 Å². The zero-order chi connectivity index (χ0) is 18.1. The predicted molar refractivity (Wildman–Crippen MR) is 100 cm³/mol. The molecule has 0 bridgehead atoms. The summed E-state index contributed by atoms with van der Waals surface area (Å²) in [6.07, 6.45) is 3.55. The largest absolute Gasteiger partial charge is 0.342 e. The van der Waals surface area contributed by atoms with Gasteiger partial charge >= 0.3 is 0 Å². The summed E-state index contributed by atoms with van der Waals surface area (Å²) in [5, 5.41) is 3.04. The van der Waals surface area contributed by atoms with Crippen LogP contribution in [0.4, 0.5) is 5.69 Å². The second kappa shape index (κ2) is 10.1. The Balaban J connectivity index is 2.64. The SMILES string of the molecule is CCCCCN(CCC(=O)Nc1c(C)cccc1C(C)C)C(C)=O. The molecular weight excluding hydrogens is 300 g/mol. The lowest BCUT2D eigenvalue weighted by molar-refractivity contribution is -0.129. The van der Waals surface area contributed by atoms with Gasteiger partial charge in [-0.15, -0.1) is 0 Å². The van der Waals surface area contributed by atoms with E-state index < -0.39 is 0 Å². The highest BCUT2D eigenvalue weighted by Crippen LogP contribution is 2.27. The number of anilines is 1. The van der Waals surface area contributed by atoms with Crippen LogP contribution in [0.25, 0.3) is 0 Å². The van der Waals surface area contributed by atoms with Gasteiger partial charge < -0.3 is 10.2 Å². The third-order valence-electron chi connectivity index (χ3n) is 4.28. The average molecular weight is 332 g/mol. The molecule has 0 saturated carbocycles. The third kappa shape index (κ3) is 6.34. The van der Waals surface area contributed by atoms with Crippen LogP contribution in [0.15, 0.2) is 18.2 Å². The van der Waals surface area contributed by atoms with E-state index in [1.165, 1.54) is 0 Å². The highest BCUT2D eigenvalue weighted by atomic mass is 16.2. The van der Waals surface area contributed by atoms with Crippen molar-refractivity contribution < 1.29 is 9.59 Å². The van der Waals surface area contributed by atoms with Crippen molar-refractivity contribution in [3.63, 3.8) is 0 Å². The number of rotatable bonds is 9. The lowest BCUT2D eigenvalue weighted by Crippen LogP contribution is -2.33. The Morgan fingerprint density at radius 1 is 1.17 bits per heavy atom. The lowest BCUT2D eigenvalue weighted by Gasteiger charge is -2.21. The minimum atomic E-state index is -0.0343. The van der Waals surface area contributed by atoms with Crippen molar-refractivity contribution in [3.05, 3.63) is 29.3 Å². The Labute approximate surface area is 146 Å². The van der Waals surface area contributed by atoms with Crippen molar-refractivity contribution in [3.8, 4) is 0 Å². The number of carbonyl (C=O) groups is 2. The number of amides is 2. The van der Waals surface area contributed by atoms with Crippen LogP contribution < -0.4 is 5.32 Å². The molecule has 0 aliphatic heterocycles. The maximum absolute atomic E-state index is 12.3. The topological polar surface area (TPSA) is 49.4 Å². The molecule has 0 radical (unpaired) electrons. The standard InChI is InChI=1S/C20H32N2O2/c1-6-7-8-13-22(17(5)23)14-12-19(24)21-20-16(4)10-9-11-18(20)15(2)3/h9-11,15H,6-8,12-14H2,1-5H3,(H,21,24). The van der Waals surface area contributed by atoms with Crippen LogP contribution in [-0.4, -0.2) is 29.8 Å². The van der Waals surface area contributed by atoms with Gasteiger partial charge in [-0.25, -0.2) is 0 Å². The number of para-hydroxylation sites is 1. The monoisotopic (exact) mass is 332 g/mol. The summed E-state index contributed by atoms with van der Waals surface area (Å²) >= 11 is 0. The van der Waals surface area contributed by atoms with Crippen LogP contribution in [0.2, 0.25) is 0 Å². The smallest absolute Gasteiger partial charge is 0.226 e. The molecule has 1 aromatic carbocycles. The molecule has 2 amide bonds. The van der Waals surface area contributed by atoms with Crippen molar-refractivity contribution >= 4 is 17.5 Å². The molecule has 134 valence electrons. The molecule has 0 aromatic heterocycles. The molecule has 0 aliphatic rings. The van der Waals surface area contributed by atoms with E-state index in [0.29, 0.717) is 18.9 Å². The summed E-state index contributed by atoms with van der Waals surface area (Å²) in [5.41, 5.74) is 3.13. The molecule has 0 aliphatic carbocycles. The van der Waals surface area contributed by atoms with Gasteiger partial charge in [0.15, 0.2) is 0 Å². The number of unbranched alkanes of at least 4 members (excludes halogenated alkanes) is 2. The second-order valence-corrected chi connectivity index (χ2v) is 6.71. The molecule has 0 unspecified atom stereocenters. The lowest BCUT2D eigenvalue weighted by atomic mass is 9.98. The van der Waals surface area contributed by atoms with E-state index in [-0.39, 0.29) is 11.8 Å². The number of hydrogen-bond acceptors (Lipinski definition) is 2. The molecule has 1 N–H and O–H groups in total. The second-order valence-electron chi connectivity index (χ2n) is 6.71. The Hall–Kier alpha value is -1.84. The first-order valence-corrected chi connectivity index (χ1v) is 9.01. The molecule has 0 atom stereocenters. The normalized spacial score (nSPS) is 10.8. The Morgan fingerprint density at radius 2 is 1.88 bits per heavy atom. The quantitative estimate of drug-likeness (QED) is 0.678. The van der Waals surface area contributed by atoms with Gasteiger partial charge in [-0.2, -0.15) is 0 Å². The van der Waals surface area contributed by atoms with Gasteiger partial charge in [0.25, 0.3) is 0 Å². The van der Waals surface area contributed by atoms with E-state index in [4.69, 9.17) is 0 Å². The Bertz CT molecular complexity index is 553. The number of aryl methyl sites for hydroxylation is 1. The van der Waals surface area contributed by atoms with Crippen LogP contribution in [0.5, 0.6) is 0 Å². The fourth-order valence-electron chi connectivity index (χ4n) is 2.76. The summed E-state index contributed by atoms with van der Waals surface area (Å²) in [6.45, 7) is 11.2. The average Bonchev–Trinajstić information content (AvgIpc) is 2.52. The highest BCUT2D eigenvalue weighted by Gasteiger charge is 2.14. The van der Waals surface area contributed by atoms with Gasteiger partial charge in [0.1, 0.15) is 0 Å². The van der Waals surface area contributed by atoms with Crippen molar-refractivity contribution in [2.24, 2.45) is 0 Å². The molecule has 24 heavy (non-hydrogen) atoms. The number of nitrogens with zero attached hydrogens (tertiary/aromatic N) is 1.